The summed E-state index contributed by atoms with van der Waals surface area (Å²) in [6.07, 6.45) is 1.49. The predicted molar refractivity (Wildman–Crippen MR) is 101 cm³/mol. The quantitative estimate of drug-likeness (QED) is 0.783. The first-order chi connectivity index (χ1) is 13.6. The number of imide groups is 1. The number of carbonyl (C=O) groups is 4. The molecule has 2 saturated carbocycles. The van der Waals surface area contributed by atoms with Crippen LogP contribution in [0.5, 0.6) is 0 Å². The standard InChI is InChI=1S/C21H24N2O6/c1-21(2,3)28-20(27)22-16-10-11-8-12(9-15(11)16)19(26)29-23-17(24)13-6-4-5-7-14(13)18(23)25/h4-7,11-12,15-16H,8-10H2,1-3H3,(H,22,27)/t11-,12+,15-,16-/m0/s1. The molecule has 0 bridgehead atoms. The number of nitrogens with one attached hydrogen (secondary N) is 1. The van der Waals surface area contributed by atoms with E-state index in [9.17, 15) is 19.2 Å². The lowest BCUT2D eigenvalue weighted by molar-refractivity contribution is -0.173. The number of rotatable bonds is 3. The number of nitrogens with zero attached hydrogens (tertiary/aromatic N) is 1. The topological polar surface area (TPSA) is 102 Å². The summed E-state index contributed by atoms with van der Waals surface area (Å²) in [5, 5.41) is 3.43. The number of ether oxygens (including phenoxy) is 1. The van der Waals surface area contributed by atoms with E-state index in [1.807, 2.05) is 0 Å². The molecule has 1 heterocycles. The fourth-order valence-electron chi connectivity index (χ4n) is 4.46. The van der Waals surface area contributed by atoms with Gasteiger partial charge in [-0.25, -0.2) is 9.59 Å². The van der Waals surface area contributed by atoms with E-state index in [0.29, 0.717) is 23.8 Å². The number of carbonyl (C=O) groups excluding carboxylic acids is 4. The number of alkyl carbamates (subject to hydrolysis) is 1. The Hall–Kier alpha value is -2.90. The van der Waals surface area contributed by atoms with Crippen molar-refractivity contribution in [1.29, 1.82) is 0 Å². The van der Waals surface area contributed by atoms with Gasteiger partial charge < -0.3 is 14.9 Å². The van der Waals surface area contributed by atoms with Crippen molar-refractivity contribution in [3.05, 3.63) is 35.4 Å². The molecule has 0 unspecified atom stereocenters. The average Bonchev–Trinajstić information content (AvgIpc) is 3.09. The van der Waals surface area contributed by atoms with Crippen molar-refractivity contribution in [2.75, 3.05) is 0 Å². The maximum Gasteiger partial charge on any atom is 0.407 e. The molecule has 0 saturated heterocycles. The summed E-state index contributed by atoms with van der Waals surface area (Å²) in [6, 6.07) is 6.34. The molecule has 8 nitrogen and oxygen atoms in total. The second-order valence-corrected chi connectivity index (χ2v) is 8.94. The zero-order valence-corrected chi connectivity index (χ0v) is 16.6. The Bertz CT molecular complexity index is 854. The Kier molecular flexibility index (Phi) is 4.59. The minimum absolute atomic E-state index is 0.0352. The number of hydrogen-bond acceptors (Lipinski definition) is 6. The summed E-state index contributed by atoms with van der Waals surface area (Å²) in [4.78, 5) is 54.5. The summed E-state index contributed by atoms with van der Waals surface area (Å²) in [5.41, 5.74) is -0.0985. The van der Waals surface area contributed by atoms with E-state index in [1.54, 1.807) is 32.9 Å². The van der Waals surface area contributed by atoms with Crippen LogP contribution in [0.15, 0.2) is 24.3 Å². The first kappa shape index (κ1) is 19.4. The van der Waals surface area contributed by atoms with Gasteiger partial charge in [0.15, 0.2) is 0 Å². The molecule has 2 aliphatic carbocycles. The molecule has 1 N–H and O–H groups in total. The lowest BCUT2D eigenvalue weighted by Crippen LogP contribution is -2.51. The van der Waals surface area contributed by atoms with Gasteiger partial charge in [-0.05, 0) is 64.0 Å². The summed E-state index contributed by atoms with van der Waals surface area (Å²) in [6.45, 7) is 5.41. The van der Waals surface area contributed by atoms with Crippen LogP contribution in [0.1, 0.15) is 60.7 Å². The number of benzene rings is 1. The van der Waals surface area contributed by atoms with Gasteiger partial charge >= 0.3 is 12.1 Å². The van der Waals surface area contributed by atoms with E-state index < -0.39 is 35.4 Å². The molecule has 2 fully saturated rings. The van der Waals surface area contributed by atoms with Gasteiger partial charge in [-0.1, -0.05) is 17.2 Å². The summed E-state index contributed by atoms with van der Waals surface area (Å²) in [7, 11) is 0. The third-order valence-electron chi connectivity index (χ3n) is 5.80. The van der Waals surface area contributed by atoms with Crippen molar-refractivity contribution in [3.8, 4) is 0 Å². The average molecular weight is 400 g/mol. The van der Waals surface area contributed by atoms with Crippen molar-refractivity contribution in [2.24, 2.45) is 17.8 Å². The zero-order valence-electron chi connectivity index (χ0n) is 16.6. The van der Waals surface area contributed by atoms with E-state index in [0.717, 1.165) is 6.42 Å². The van der Waals surface area contributed by atoms with Crippen LogP contribution in [0.25, 0.3) is 0 Å². The highest BCUT2D eigenvalue weighted by Crippen LogP contribution is 2.50. The Morgan fingerprint density at radius 3 is 2.24 bits per heavy atom. The molecule has 29 heavy (non-hydrogen) atoms. The SMILES string of the molecule is CC(C)(C)OC(=O)N[C@H]1C[C@@H]2C[C@@H](C(=O)ON3C(=O)c4ccccc4C3=O)C[C@@H]21. The monoisotopic (exact) mass is 400 g/mol. The number of hydrogen-bond donors (Lipinski definition) is 1. The van der Waals surface area contributed by atoms with Gasteiger partial charge in [0, 0.05) is 6.04 Å². The minimum Gasteiger partial charge on any atom is -0.444 e. The van der Waals surface area contributed by atoms with Crippen LogP contribution in [0.4, 0.5) is 4.79 Å². The van der Waals surface area contributed by atoms with E-state index in [-0.39, 0.29) is 23.1 Å². The second kappa shape index (κ2) is 6.86. The number of amides is 3. The molecule has 1 aromatic rings. The largest absolute Gasteiger partial charge is 0.444 e. The van der Waals surface area contributed by atoms with Gasteiger partial charge in [0.05, 0.1) is 17.0 Å². The molecular weight excluding hydrogens is 376 g/mol. The maximum atomic E-state index is 12.6. The molecule has 0 spiro atoms. The third kappa shape index (κ3) is 3.59. The van der Waals surface area contributed by atoms with E-state index >= 15 is 0 Å². The zero-order chi connectivity index (χ0) is 20.9. The summed E-state index contributed by atoms with van der Waals surface area (Å²) in [5.74, 6) is -1.74. The number of fused-ring (bicyclic) bond motifs is 2. The highest BCUT2D eigenvalue weighted by molar-refractivity contribution is 6.20. The molecule has 0 aromatic heterocycles. The fraction of sp³-hybridized carbons (Fsp3) is 0.524. The summed E-state index contributed by atoms with van der Waals surface area (Å²) >= 11 is 0. The first-order valence-electron chi connectivity index (χ1n) is 9.83. The van der Waals surface area contributed by atoms with E-state index in [4.69, 9.17) is 9.57 Å². The molecule has 154 valence electrons. The van der Waals surface area contributed by atoms with Gasteiger partial charge in [-0.2, -0.15) is 0 Å². The van der Waals surface area contributed by atoms with Crippen LogP contribution in [0.2, 0.25) is 0 Å². The van der Waals surface area contributed by atoms with Crippen molar-refractivity contribution in [3.63, 3.8) is 0 Å². The second-order valence-electron chi connectivity index (χ2n) is 8.94. The lowest BCUT2D eigenvalue weighted by atomic mass is 9.71. The molecule has 3 amide bonds. The Morgan fingerprint density at radius 2 is 1.66 bits per heavy atom. The van der Waals surface area contributed by atoms with Gasteiger partial charge in [-0.3, -0.25) is 9.59 Å². The Morgan fingerprint density at radius 1 is 1.03 bits per heavy atom. The highest BCUT2D eigenvalue weighted by Gasteiger charge is 2.51. The van der Waals surface area contributed by atoms with E-state index in [2.05, 4.69) is 5.32 Å². The van der Waals surface area contributed by atoms with Crippen molar-refractivity contribution < 1.29 is 28.8 Å². The smallest absolute Gasteiger partial charge is 0.407 e. The Balaban J connectivity index is 1.33. The minimum atomic E-state index is -0.621. The number of hydroxylamine groups is 2. The molecule has 3 aliphatic rings. The summed E-state index contributed by atoms with van der Waals surface area (Å²) < 4.78 is 5.29. The van der Waals surface area contributed by atoms with Crippen LogP contribution >= 0.6 is 0 Å². The van der Waals surface area contributed by atoms with Crippen LogP contribution in [0.3, 0.4) is 0 Å². The van der Waals surface area contributed by atoms with Crippen LogP contribution in [-0.4, -0.2) is 40.6 Å². The maximum absolute atomic E-state index is 12.6. The van der Waals surface area contributed by atoms with Gasteiger partial charge in [0.2, 0.25) is 0 Å². The van der Waals surface area contributed by atoms with Crippen molar-refractivity contribution in [1.82, 2.24) is 10.4 Å². The van der Waals surface area contributed by atoms with Crippen LogP contribution < -0.4 is 5.32 Å². The van der Waals surface area contributed by atoms with Crippen molar-refractivity contribution in [2.45, 2.75) is 51.7 Å². The molecule has 1 aliphatic heterocycles. The van der Waals surface area contributed by atoms with Gasteiger partial charge in [-0.15, -0.1) is 0 Å². The van der Waals surface area contributed by atoms with Gasteiger partial charge in [0.1, 0.15) is 5.60 Å². The predicted octanol–water partition coefficient (Wildman–Crippen LogP) is 2.68. The fourth-order valence-corrected chi connectivity index (χ4v) is 4.46. The van der Waals surface area contributed by atoms with Gasteiger partial charge in [0.25, 0.3) is 11.8 Å². The van der Waals surface area contributed by atoms with Crippen LogP contribution in [0, 0.1) is 17.8 Å². The molecule has 4 rings (SSSR count). The normalized spacial score (nSPS) is 27.8. The lowest BCUT2D eigenvalue weighted by Gasteiger charge is -2.40. The highest BCUT2D eigenvalue weighted by atomic mass is 16.7. The third-order valence-corrected chi connectivity index (χ3v) is 5.80. The van der Waals surface area contributed by atoms with Crippen molar-refractivity contribution >= 4 is 23.9 Å². The molecule has 0 radical (unpaired) electrons. The molecule has 4 atom stereocenters. The molecular formula is C21H24N2O6. The Labute approximate surface area is 168 Å². The van der Waals surface area contributed by atoms with E-state index in [1.165, 1.54) is 12.1 Å². The molecule has 1 aromatic carbocycles. The molecule has 8 heteroatoms. The van der Waals surface area contributed by atoms with Crippen LogP contribution in [-0.2, 0) is 14.4 Å². The first-order valence-corrected chi connectivity index (χ1v) is 9.83.